The Morgan fingerprint density at radius 1 is 1.56 bits per heavy atom. The van der Waals surface area contributed by atoms with Crippen LogP contribution >= 0.6 is 0 Å². The number of carboxylic acids is 1. The highest BCUT2D eigenvalue weighted by molar-refractivity contribution is 6.58. The van der Waals surface area contributed by atoms with Crippen molar-refractivity contribution in [3.05, 3.63) is 24.0 Å². The third kappa shape index (κ3) is 3.03. The van der Waals surface area contributed by atoms with Gasteiger partial charge in [-0.25, -0.2) is 0 Å². The summed E-state index contributed by atoms with van der Waals surface area (Å²) < 4.78 is 0. The molecular weight excluding hydrogens is 211 g/mol. The highest BCUT2D eigenvalue weighted by atomic mass is 16.4. The van der Waals surface area contributed by atoms with Gasteiger partial charge >= 0.3 is 13.1 Å². The largest absolute Gasteiger partial charge is 0.490 e. The molecule has 1 rings (SSSR count). The van der Waals surface area contributed by atoms with Crippen LogP contribution in [0.4, 0.5) is 0 Å². The second-order valence-corrected chi connectivity index (χ2v) is 3.86. The van der Waals surface area contributed by atoms with Gasteiger partial charge in [0.25, 0.3) is 0 Å². The van der Waals surface area contributed by atoms with E-state index in [4.69, 9.17) is 20.9 Å². The first kappa shape index (κ1) is 12.6. The number of hydrogen-bond acceptors (Lipinski definition) is 5. The predicted molar refractivity (Wildman–Crippen MR) is 58.0 cm³/mol. The van der Waals surface area contributed by atoms with E-state index in [2.05, 4.69) is 4.98 Å². The highest BCUT2D eigenvalue weighted by Gasteiger charge is 2.28. The van der Waals surface area contributed by atoms with Crippen molar-refractivity contribution in [1.82, 2.24) is 4.98 Å². The summed E-state index contributed by atoms with van der Waals surface area (Å²) in [6.07, 6.45) is 1.35. The van der Waals surface area contributed by atoms with Crippen molar-refractivity contribution in [1.29, 1.82) is 0 Å². The standard InChI is InChI=1S/C9H13BN2O4/c1-9(11,8(13)14)4-7-3-2-6(5-12-7)10(15)16/h2-3,5,15-16H,4,11H2,1H3,(H,13,14). The van der Waals surface area contributed by atoms with E-state index in [9.17, 15) is 4.79 Å². The van der Waals surface area contributed by atoms with Gasteiger partial charge in [-0.05, 0) is 13.0 Å². The number of pyridine rings is 1. The van der Waals surface area contributed by atoms with Gasteiger partial charge in [0.15, 0.2) is 0 Å². The molecule has 86 valence electrons. The van der Waals surface area contributed by atoms with Crippen LogP contribution in [0.15, 0.2) is 18.3 Å². The number of aliphatic carboxylic acids is 1. The molecule has 1 heterocycles. The van der Waals surface area contributed by atoms with E-state index in [1.54, 1.807) is 0 Å². The summed E-state index contributed by atoms with van der Waals surface area (Å²) in [5, 5.41) is 26.5. The lowest BCUT2D eigenvalue weighted by molar-refractivity contribution is -0.142. The average molecular weight is 224 g/mol. The van der Waals surface area contributed by atoms with Crippen molar-refractivity contribution in [2.75, 3.05) is 0 Å². The molecule has 0 spiro atoms. The summed E-state index contributed by atoms with van der Waals surface area (Å²) in [6.45, 7) is 1.39. The fourth-order valence-electron chi connectivity index (χ4n) is 1.15. The minimum absolute atomic E-state index is 0.0735. The van der Waals surface area contributed by atoms with Gasteiger partial charge in [-0.15, -0.1) is 0 Å². The summed E-state index contributed by atoms with van der Waals surface area (Å²) in [5.74, 6) is -1.11. The molecular formula is C9H13BN2O4. The van der Waals surface area contributed by atoms with E-state index in [1.165, 1.54) is 25.3 Å². The van der Waals surface area contributed by atoms with Gasteiger partial charge in [-0.1, -0.05) is 6.07 Å². The molecule has 7 heteroatoms. The summed E-state index contributed by atoms with van der Waals surface area (Å²) in [7, 11) is -1.58. The van der Waals surface area contributed by atoms with Crippen LogP contribution in [0.25, 0.3) is 0 Å². The van der Waals surface area contributed by atoms with Crippen LogP contribution in [-0.4, -0.2) is 38.8 Å². The first-order valence-corrected chi connectivity index (χ1v) is 4.66. The second-order valence-electron chi connectivity index (χ2n) is 3.86. The number of nitrogens with zero attached hydrogens (tertiary/aromatic N) is 1. The van der Waals surface area contributed by atoms with Crippen LogP contribution in [0.5, 0.6) is 0 Å². The summed E-state index contributed by atoms with van der Waals surface area (Å²) in [4.78, 5) is 14.7. The van der Waals surface area contributed by atoms with Crippen LogP contribution in [0.2, 0.25) is 0 Å². The average Bonchev–Trinajstić information content (AvgIpc) is 2.17. The number of nitrogens with two attached hydrogens (primary N) is 1. The molecule has 1 aromatic heterocycles. The molecule has 0 saturated carbocycles. The zero-order chi connectivity index (χ0) is 12.3. The van der Waals surface area contributed by atoms with Crippen LogP contribution in [0, 0.1) is 0 Å². The highest BCUT2D eigenvalue weighted by Crippen LogP contribution is 2.07. The Labute approximate surface area is 92.9 Å². The van der Waals surface area contributed by atoms with E-state index in [-0.39, 0.29) is 11.9 Å². The van der Waals surface area contributed by atoms with Gasteiger partial charge in [-0.3, -0.25) is 9.78 Å². The number of hydrogen-bond donors (Lipinski definition) is 4. The summed E-state index contributed by atoms with van der Waals surface area (Å²) in [6, 6.07) is 2.98. The summed E-state index contributed by atoms with van der Waals surface area (Å²) >= 11 is 0. The Balaban J connectivity index is 2.80. The van der Waals surface area contributed by atoms with Gasteiger partial charge < -0.3 is 20.9 Å². The van der Waals surface area contributed by atoms with E-state index in [1.807, 2.05) is 0 Å². The maximum absolute atomic E-state index is 10.8. The maximum Gasteiger partial charge on any atom is 0.490 e. The smallest absolute Gasteiger partial charge is 0.480 e. The topological polar surface area (TPSA) is 117 Å². The fourth-order valence-corrected chi connectivity index (χ4v) is 1.15. The van der Waals surface area contributed by atoms with Crippen molar-refractivity contribution in [3.8, 4) is 0 Å². The molecule has 0 amide bonds. The number of carbonyl (C=O) groups is 1. The van der Waals surface area contributed by atoms with Crippen molar-refractivity contribution >= 4 is 18.6 Å². The van der Waals surface area contributed by atoms with Gasteiger partial charge in [0, 0.05) is 23.8 Å². The molecule has 0 saturated heterocycles. The first-order chi connectivity index (χ1) is 7.33. The van der Waals surface area contributed by atoms with Crippen molar-refractivity contribution < 1.29 is 19.9 Å². The zero-order valence-corrected chi connectivity index (χ0v) is 8.79. The Kier molecular flexibility index (Phi) is 3.64. The number of rotatable bonds is 4. The Bertz CT molecular complexity index is 378. The maximum atomic E-state index is 10.8. The molecule has 0 bridgehead atoms. The third-order valence-corrected chi connectivity index (χ3v) is 2.18. The van der Waals surface area contributed by atoms with Gasteiger partial charge in [0.1, 0.15) is 5.54 Å². The molecule has 1 unspecified atom stereocenters. The quantitative estimate of drug-likeness (QED) is 0.444. The lowest BCUT2D eigenvalue weighted by Crippen LogP contribution is -2.47. The molecule has 0 aliphatic heterocycles. The SMILES string of the molecule is CC(N)(Cc1ccc(B(O)O)cn1)C(=O)O. The second kappa shape index (κ2) is 4.61. The van der Waals surface area contributed by atoms with Crippen molar-refractivity contribution in [2.24, 2.45) is 5.73 Å². The fraction of sp³-hybridized carbons (Fsp3) is 0.333. The normalized spacial score (nSPS) is 14.2. The summed E-state index contributed by atoms with van der Waals surface area (Å²) in [5.41, 5.74) is 4.90. The molecule has 0 aliphatic rings. The van der Waals surface area contributed by atoms with Crippen LogP contribution in [-0.2, 0) is 11.2 Å². The Morgan fingerprint density at radius 3 is 2.56 bits per heavy atom. The van der Waals surface area contributed by atoms with Gasteiger partial charge in [-0.2, -0.15) is 0 Å². The lowest BCUT2D eigenvalue weighted by atomic mass is 9.81. The molecule has 5 N–H and O–H groups in total. The molecule has 1 atom stereocenters. The molecule has 16 heavy (non-hydrogen) atoms. The van der Waals surface area contributed by atoms with Gasteiger partial charge in [0.05, 0.1) is 0 Å². The van der Waals surface area contributed by atoms with E-state index >= 15 is 0 Å². The number of aromatic nitrogens is 1. The lowest BCUT2D eigenvalue weighted by Gasteiger charge is -2.18. The molecule has 1 aromatic rings. The molecule has 0 fully saturated rings. The van der Waals surface area contributed by atoms with Crippen LogP contribution in [0.3, 0.4) is 0 Å². The first-order valence-electron chi connectivity index (χ1n) is 4.66. The van der Waals surface area contributed by atoms with Gasteiger partial charge in [0.2, 0.25) is 0 Å². The minimum atomic E-state index is -1.58. The zero-order valence-electron chi connectivity index (χ0n) is 8.79. The monoisotopic (exact) mass is 224 g/mol. The van der Waals surface area contributed by atoms with E-state index < -0.39 is 18.6 Å². The molecule has 0 aliphatic carbocycles. The Hall–Kier alpha value is -1.44. The van der Waals surface area contributed by atoms with E-state index in [0.29, 0.717) is 5.69 Å². The van der Waals surface area contributed by atoms with Crippen molar-refractivity contribution in [2.45, 2.75) is 18.9 Å². The Morgan fingerprint density at radius 2 is 2.19 bits per heavy atom. The third-order valence-electron chi connectivity index (χ3n) is 2.18. The van der Waals surface area contributed by atoms with Crippen molar-refractivity contribution in [3.63, 3.8) is 0 Å². The predicted octanol–water partition coefficient (Wildman–Crippen LogP) is -1.89. The van der Waals surface area contributed by atoms with E-state index in [0.717, 1.165) is 0 Å². The number of carboxylic acid groups (broad SMARTS) is 1. The molecule has 6 nitrogen and oxygen atoms in total. The minimum Gasteiger partial charge on any atom is -0.480 e. The van der Waals surface area contributed by atoms with Crippen LogP contribution < -0.4 is 11.2 Å². The molecule has 0 aromatic carbocycles. The molecule has 0 radical (unpaired) electrons. The van der Waals surface area contributed by atoms with Crippen LogP contribution in [0.1, 0.15) is 12.6 Å².